The minimum atomic E-state index is -0.0620. The van der Waals surface area contributed by atoms with Crippen LogP contribution in [0.2, 0.25) is 0 Å². The van der Waals surface area contributed by atoms with Crippen LogP contribution in [0.4, 0.5) is 5.69 Å². The third kappa shape index (κ3) is 2.94. The van der Waals surface area contributed by atoms with Gasteiger partial charge in [-0.05, 0) is 17.7 Å². The van der Waals surface area contributed by atoms with Crippen molar-refractivity contribution in [2.24, 2.45) is 0 Å². The van der Waals surface area contributed by atoms with Crippen LogP contribution in [0.3, 0.4) is 0 Å². The van der Waals surface area contributed by atoms with Crippen LogP contribution in [0.25, 0.3) is 0 Å². The maximum Gasteiger partial charge on any atom is 0.256 e. The number of hydrogen-bond donors (Lipinski definition) is 1. The first-order valence-corrected chi connectivity index (χ1v) is 6.96. The largest absolute Gasteiger partial charge is 0.334 e. The lowest BCUT2D eigenvalue weighted by atomic mass is 10.1. The Morgan fingerprint density at radius 3 is 2.48 bits per heavy atom. The minimum absolute atomic E-state index is 0.0468. The second kappa shape index (κ2) is 5.79. The summed E-state index contributed by atoms with van der Waals surface area (Å²) in [6.45, 7) is 0.940. The predicted octanol–water partition coefficient (Wildman–Crippen LogP) is 2.67. The van der Waals surface area contributed by atoms with Crippen LogP contribution in [0.1, 0.15) is 22.3 Å². The smallest absolute Gasteiger partial charge is 0.256 e. The van der Waals surface area contributed by atoms with E-state index in [4.69, 9.17) is 0 Å². The summed E-state index contributed by atoms with van der Waals surface area (Å²) in [5.41, 5.74) is 2.19. The Morgan fingerprint density at radius 1 is 0.952 bits per heavy atom. The number of hydrogen-bond acceptors (Lipinski definition) is 2. The zero-order chi connectivity index (χ0) is 14.7. The van der Waals surface area contributed by atoms with Crippen LogP contribution < -0.4 is 5.32 Å². The maximum absolute atomic E-state index is 12.7. The molecule has 3 rings (SSSR count). The van der Waals surface area contributed by atoms with Crippen LogP contribution in [-0.4, -0.2) is 23.3 Å². The normalized spacial score (nSPS) is 15.0. The lowest BCUT2D eigenvalue weighted by molar-refractivity contribution is -0.116. The van der Waals surface area contributed by atoms with E-state index < -0.39 is 0 Å². The van der Waals surface area contributed by atoms with Gasteiger partial charge in [-0.2, -0.15) is 0 Å². The molecule has 21 heavy (non-hydrogen) atoms. The number of anilines is 1. The average molecular weight is 280 g/mol. The molecular weight excluding hydrogens is 264 g/mol. The van der Waals surface area contributed by atoms with E-state index in [9.17, 15) is 9.59 Å². The Hall–Kier alpha value is -2.62. The molecule has 1 aliphatic rings. The van der Waals surface area contributed by atoms with Crippen LogP contribution in [-0.2, 0) is 11.3 Å². The van der Waals surface area contributed by atoms with Gasteiger partial charge in [0.05, 0.1) is 11.3 Å². The van der Waals surface area contributed by atoms with E-state index in [0.717, 1.165) is 5.56 Å². The molecule has 1 heterocycles. The Kier molecular flexibility index (Phi) is 3.69. The van der Waals surface area contributed by atoms with Gasteiger partial charge in [0.25, 0.3) is 5.91 Å². The molecule has 0 aliphatic carbocycles. The van der Waals surface area contributed by atoms with E-state index in [1.165, 1.54) is 0 Å². The van der Waals surface area contributed by atoms with Gasteiger partial charge in [0, 0.05) is 19.5 Å². The molecule has 0 aromatic heterocycles. The second-order valence-corrected chi connectivity index (χ2v) is 5.06. The summed E-state index contributed by atoms with van der Waals surface area (Å²) >= 11 is 0. The fourth-order valence-corrected chi connectivity index (χ4v) is 2.45. The van der Waals surface area contributed by atoms with Gasteiger partial charge in [-0.1, -0.05) is 42.5 Å². The summed E-state index contributed by atoms with van der Waals surface area (Å²) in [4.78, 5) is 26.3. The number of fused-ring (bicyclic) bond motifs is 1. The highest BCUT2D eigenvalue weighted by Crippen LogP contribution is 2.21. The summed E-state index contributed by atoms with van der Waals surface area (Å²) < 4.78 is 0. The van der Waals surface area contributed by atoms with E-state index in [1.54, 1.807) is 17.0 Å². The molecule has 0 saturated carbocycles. The van der Waals surface area contributed by atoms with E-state index in [1.807, 2.05) is 42.5 Å². The number of nitrogens with zero attached hydrogens (tertiary/aromatic N) is 1. The zero-order valence-corrected chi connectivity index (χ0v) is 11.6. The number of amides is 2. The predicted molar refractivity (Wildman–Crippen MR) is 80.9 cm³/mol. The van der Waals surface area contributed by atoms with Crippen molar-refractivity contribution in [2.75, 3.05) is 11.9 Å². The second-order valence-electron chi connectivity index (χ2n) is 5.06. The van der Waals surface area contributed by atoms with Gasteiger partial charge in [-0.3, -0.25) is 9.59 Å². The third-order valence-electron chi connectivity index (χ3n) is 3.54. The lowest BCUT2D eigenvalue weighted by Gasteiger charge is -2.26. The number of para-hydroxylation sites is 1. The molecule has 2 aromatic rings. The SMILES string of the molecule is O=C1CCN(Cc2ccccc2)C(=O)c2ccccc2N1. The van der Waals surface area contributed by atoms with Crippen molar-refractivity contribution in [3.63, 3.8) is 0 Å². The molecule has 2 aromatic carbocycles. The molecule has 0 atom stereocenters. The number of nitrogens with one attached hydrogen (secondary N) is 1. The molecule has 0 spiro atoms. The summed E-state index contributed by atoms with van der Waals surface area (Å²) in [7, 11) is 0. The Morgan fingerprint density at radius 2 is 1.67 bits per heavy atom. The third-order valence-corrected chi connectivity index (χ3v) is 3.54. The number of benzene rings is 2. The fraction of sp³-hybridized carbons (Fsp3) is 0.176. The molecule has 4 nitrogen and oxygen atoms in total. The Labute approximate surface area is 123 Å². The van der Waals surface area contributed by atoms with Crippen molar-refractivity contribution in [3.05, 3.63) is 65.7 Å². The zero-order valence-electron chi connectivity index (χ0n) is 11.6. The molecule has 106 valence electrons. The summed E-state index contributed by atoms with van der Waals surface area (Å²) in [6, 6.07) is 17.0. The maximum atomic E-state index is 12.7. The van der Waals surface area contributed by atoms with Gasteiger partial charge in [-0.15, -0.1) is 0 Å². The van der Waals surface area contributed by atoms with Crippen molar-refractivity contribution in [2.45, 2.75) is 13.0 Å². The van der Waals surface area contributed by atoms with Crippen LogP contribution >= 0.6 is 0 Å². The molecule has 1 N–H and O–H groups in total. The Bertz CT molecular complexity index is 668. The van der Waals surface area contributed by atoms with Gasteiger partial charge in [0.15, 0.2) is 0 Å². The standard InChI is InChI=1S/C17H16N2O2/c20-16-10-11-19(12-13-6-2-1-3-7-13)17(21)14-8-4-5-9-15(14)18-16/h1-9H,10-12H2,(H,18,20). The highest BCUT2D eigenvalue weighted by atomic mass is 16.2. The number of rotatable bonds is 2. The monoisotopic (exact) mass is 280 g/mol. The fourth-order valence-electron chi connectivity index (χ4n) is 2.45. The van der Waals surface area contributed by atoms with Crippen LogP contribution in [0.5, 0.6) is 0 Å². The molecular formula is C17H16N2O2. The van der Waals surface area contributed by atoms with E-state index >= 15 is 0 Å². The molecule has 2 amide bonds. The molecule has 4 heteroatoms. The number of carbonyl (C=O) groups is 2. The first kappa shape index (κ1) is 13.4. The van der Waals surface area contributed by atoms with Gasteiger partial charge in [0.1, 0.15) is 0 Å². The molecule has 1 aliphatic heterocycles. The van der Waals surface area contributed by atoms with Gasteiger partial charge in [0.2, 0.25) is 5.91 Å². The molecule has 0 radical (unpaired) electrons. The van der Waals surface area contributed by atoms with E-state index in [-0.39, 0.29) is 11.8 Å². The molecule has 0 saturated heterocycles. The summed E-state index contributed by atoms with van der Waals surface area (Å²) in [5, 5.41) is 2.79. The van der Waals surface area contributed by atoms with Gasteiger partial charge in [-0.25, -0.2) is 0 Å². The molecule has 0 bridgehead atoms. The highest BCUT2D eigenvalue weighted by Gasteiger charge is 2.23. The van der Waals surface area contributed by atoms with E-state index in [2.05, 4.69) is 5.32 Å². The number of carbonyl (C=O) groups excluding carboxylic acids is 2. The first-order valence-electron chi connectivity index (χ1n) is 6.96. The highest BCUT2D eigenvalue weighted by molar-refractivity contribution is 6.05. The lowest BCUT2D eigenvalue weighted by Crippen LogP contribution is -2.36. The van der Waals surface area contributed by atoms with Crippen LogP contribution in [0, 0.1) is 0 Å². The van der Waals surface area contributed by atoms with Crippen molar-refractivity contribution in [1.82, 2.24) is 4.90 Å². The van der Waals surface area contributed by atoms with Crippen molar-refractivity contribution >= 4 is 17.5 Å². The van der Waals surface area contributed by atoms with E-state index in [0.29, 0.717) is 30.8 Å². The van der Waals surface area contributed by atoms with Gasteiger partial charge >= 0.3 is 0 Å². The quantitative estimate of drug-likeness (QED) is 0.919. The summed E-state index contributed by atoms with van der Waals surface area (Å²) in [5.74, 6) is -0.109. The van der Waals surface area contributed by atoms with Crippen molar-refractivity contribution < 1.29 is 9.59 Å². The minimum Gasteiger partial charge on any atom is -0.334 e. The molecule has 0 unspecified atom stereocenters. The average Bonchev–Trinajstić information content (AvgIpc) is 2.51. The van der Waals surface area contributed by atoms with Crippen molar-refractivity contribution in [1.29, 1.82) is 0 Å². The molecule has 0 fully saturated rings. The van der Waals surface area contributed by atoms with Crippen LogP contribution in [0.15, 0.2) is 54.6 Å². The van der Waals surface area contributed by atoms with Crippen molar-refractivity contribution in [3.8, 4) is 0 Å². The summed E-state index contributed by atoms with van der Waals surface area (Å²) in [6.07, 6.45) is 0.312. The van der Waals surface area contributed by atoms with Gasteiger partial charge < -0.3 is 10.2 Å². The topological polar surface area (TPSA) is 49.4 Å². The Balaban J connectivity index is 1.92. The first-order chi connectivity index (χ1) is 10.2.